The zero-order chi connectivity index (χ0) is 55.1. The standard InChI is InChI=1S/C80H66N2/c1-79(2)73-31-19-17-29-65(73)67-45-37-57(49-75(67)79)53-33-39-61(40-34-53)81(59-25-13-7-14-26-59)63-43-47-69-71(51-63)77(55-21-9-5-10-22-55)70-48-44-64(52-72(70)78(69)56-23-11-6-12-24-56)82(60-27-15-8-16-28-60)62-41-35-54(36-42-62)58-38-46-68-66-30-18-20-32-74(66)80(3,4)76(68)50-58/h5-15,17-18,20-27,29-30,32-43,45-52,64H,16,19,28,31,44H2,1-4H3. The molecule has 5 aliphatic carbocycles. The molecule has 82 heavy (non-hydrogen) atoms. The molecule has 1 unspecified atom stereocenters. The van der Waals surface area contributed by atoms with Crippen LogP contribution < -0.4 is 20.2 Å². The smallest absolute Gasteiger partial charge is 0.0563 e. The topological polar surface area (TPSA) is 6.48 Å². The molecular weight excluding hydrogens is 989 g/mol. The summed E-state index contributed by atoms with van der Waals surface area (Å²) >= 11 is 0. The minimum atomic E-state index is -0.0520. The van der Waals surface area contributed by atoms with Gasteiger partial charge < -0.3 is 9.80 Å². The van der Waals surface area contributed by atoms with Gasteiger partial charge in [-0.25, -0.2) is 0 Å². The molecule has 2 heteroatoms. The fraction of sp³-hybridized carbons (Fsp3) is 0.150. The highest BCUT2D eigenvalue weighted by Crippen LogP contribution is 2.52. The van der Waals surface area contributed by atoms with E-state index in [4.69, 9.17) is 0 Å². The number of para-hydroxylation sites is 1. The van der Waals surface area contributed by atoms with Crippen molar-refractivity contribution in [3.63, 3.8) is 0 Å². The number of hydrogen-bond donors (Lipinski definition) is 0. The van der Waals surface area contributed by atoms with Gasteiger partial charge in [0.2, 0.25) is 0 Å². The number of anilines is 4. The lowest BCUT2D eigenvalue weighted by molar-refractivity contribution is 0.607. The van der Waals surface area contributed by atoms with Crippen molar-refractivity contribution in [2.75, 3.05) is 9.80 Å². The highest BCUT2D eigenvalue weighted by Gasteiger charge is 2.38. The van der Waals surface area contributed by atoms with Crippen molar-refractivity contribution < 1.29 is 0 Å². The highest BCUT2D eigenvalue weighted by atomic mass is 15.2. The normalized spacial score (nSPS) is 16.7. The summed E-state index contributed by atoms with van der Waals surface area (Å²) < 4.78 is 0. The molecule has 0 aliphatic heterocycles. The van der Waals surface area contributed by atoms with Crippen LogP contribution in [0.4, 0.5) is 22.7 Å². The zero-order valence-electron chi connectivity index (χ0n) is 47.3. The van der Waals surface area contributed by atoms with Crippen LogP contribution in [-0.4, -0.2) is 6.04 Å². The predicted molar refractivity (Wildman–Crippen MR) is 348 cm³/mol. The number of hydrogen-bond acceptors (Lipinski definition) is 2. The lowest BCUT2D eigenvalue weighted by Gasteiger charge is -2.36. The average molecular weight is 1060 g/mol. The molecule has 10 aromatic carbocycles. The van der Waals surface area contributed by atoms with Crippen molar-refractivity contribution >= 4 is 51.2 Å². The fourth-order valence-corrected chi connectivity index (χ4v) is 14.6. The summed E-state index contributed by atoms with van der Waals surface area (Å²) in [6.07, 6.45) is 21.9. The van der Waals surface area contributed by atoms with Gasteiger partial charge in [-0.15, -0.1) is 0 Å². The van der Waals surface area contributed by atoms with Gasteiger partial charge in [0, 0.05) is 39.3 Å². The molecule has 0 radical (unpaired) electrons. The number of allylic oxidation sites excluding steroid dienone is 8. The summed E-state index contributed by atoms with van der Waals surface area (Å²) in [7, 11) is 0. The summed E-state index contributed by atoms with van der Waals surface area (Å²) in [5.74, 6) is 0. The summed E-state index contributed by atoms with van der Waals surface area (Å²) in [6, 6.07) is 82.2. The molecule has 0 saturated heterocycles. The van der Waals surface area contributed by atoms with Gasteiger partial charge in [0.25, 0.3) is 0 Å². The average Bonchev–Trinajstić information content (AvgIpc) is 4.09. The maximum absolute atomic E-state index is 2.63. The molecule has 0 fully saturated rings. The highest BCUT2D eigenvalue weighted by molar-refractivity contribution is 6.08. The Morgan fingerprint density at radius 3 is 1.66 bits per heavy atom. The number of benzene rings is 10. The first-order chi connectivity index (χ1) is 40.2. The second kappa shape index (κ2) is 19.8. The zero-order valence-corrected chi connectivity index (χ0v) is 47.3. The van der Waals surface area contributed by atoms with E-state index in [0.717, 1.165) is 49.2 Å². The fourth-order valence-electron chi connectivity index (χ4n) is 14.6. The molecule has 2 nitrogen and oxygen atoms in total. The van der Waals surface area contributed by atoms with Gasteiger partial charge in [-0.2, -0.15) is 0 Å². The second-order valence-electron chi connectivity index (χ2n) is 24.1. The van der Waals surface area contributed by atoms with E-state index in [0.29, 0.717) is 0 Å². The maximum Gasteiger partial charge on any atom is 0.0563 e. The van der Waals surface area contributed by atoms with Crippen LogP contribution in [0.15, 0.2) is 260 Å². The van der Waals surface area contributed by atoms with Crippen molar-refractivity contribution in [2.45, 2.75) is 76.7 Å². The Morgan fingerprint density at radius 1 is 0.415 bits per heavy atom. The molecule has 1 atom stereocenters. The van der Waals surface area contributed by atoms with Gasteiger partial charge in [-0.1, -0.05) is 227 Å². The third-order valence-electron chi connectivity index (χ3n) is 18.8. The molecule has 15 rings (SSSR count). The predicted octanol–water partition coefficient (Wildman–Crippen LogP) is 19.8. The molecule has 0 N–H and O–H groups in total. The van der Waals surface area contributed by atoms with E-state index >= 15 is 0 Å². The van der Waals surface area contributed by atoms with Gasteiger partial charge in [-0.3, -0.25) is 0 Å². The van der Waals surface area contributed by atoms with Crippen molar-refractivity contribution in [2.24, 2.45) is 0 Å². The SMILES string of the molecule is CC1(C)C2=C(C=CCC2)c2ccc(-c3ccc(N(c4ccccc4)c4ccc5c(-c6ccccc6)c6c(c(-c7ccccc7)c5c4)=CCC(N(C4=CC=CCC4)c4ccc(-c5ccc7c(c5)C(C)(C)c5ccccc5-7)cc4)C=6)cc3)cc21. The minimum absolute atomic E-state index is 0.0240. The lowest BCUT2D eigenvalue weighted by Crippen LogP contribution is -2.41. The molecule has 0 aromatic heterocycles. The van der Waals surface area contributed by atoms with Crippen LogP contribution in [0.25, 0.3) is 84.1 Å². The van der Waals surface area contributed by atoms with Gasteiger partial charge in [0.05, 0.1) is 6.04 Å². The third kappa shape index (κ3) is 8.21. The van der Waals surface area contributed by atoms with E-state index in [1.807, 2.05) is 0 Å². The molecule has 0 heterocycles. The van der Waals surface area contributed by atoms with E-state index in [9.17, 15) is 0 Å². The molecule has 10 aromatic rings. The van der Waals surface area contributed by atoms with E-state index in [-0.39, 0.29) is 16.9 Å². The maximum atomic E-state index is 2.63. The first-order valence-corrected chi connectivity index (χ1v) is 29.6. The van der Waals surface area contributed by atoms with Crippen molar-refractivity contribution in [1.82, 2.24) is 0 Å². The first-order valence-electron chi connectivity index (χ1n) is 29.6. The van der Waals surface area contributed by atoms with Crippen LogP contribution in [0.3, 0.4) is 0 Å². The van der Waals surface area contributed by atoms with E-state index in [2.05, 4.69) is 298 Å². The van der Waals surface area contributed by atoms with Crippen LogP contribution in [0, 0.1) is 0 Å². The van der Waals surface area contributed by atoms with Gasteiger partial charge in [0.1, 0.15) is 0 Å². The largest absolute Gasteiger partial charge is 0.338 e. The van der Waals surface area contributed by atoms with Crippen LogP contribution in [0.5, 0.6) is 0 Å². The molecule has 0 amide bonds. The third-order valence-corrected chi connectivity index (χ3v) is 18.8. The van der Waals surface area contributed by atoms with E-state index in [1.54, 1.807) is 5.57 Å². The van der Waals surface area contributed by atoms with Crippen LogP contribution in [0.1, 0.15) is 82.1 Å². The quantitative estimate of drug-likeness (QED) is 0.135. The van der Waals surface area contributed by atoms with Gasteiger partial charge in [0.15, 0.2) is 0 Å². The van der Waals surface area contributed by atoms with Crippen LogP contribution in [-0.2, 0) is 10.8 Å². The minimum Gasteiger partial charge on any atom is -0.338 e. The Kier molecular flexibility index (Phi) is 12.0. The Morgan fingerprint density at radius 2 is 0.976 bits per heavy atom. The van der Waals surface area contributed by atoms with Crippen molar-refractivity contribution in [3.8, 4) is 55.6 Å². The molecule has 396 valence electrons. The van der Waals surface area contributed by atoms with Crippen molar-refractivity contribution in [1.29, 1.82) is 0 Å². The summed E-state index contributed by atoms with van der Waals surface area (Å²) in [6.45, 7) is 9.56. The molecular formula is C80H66N2. The lowest BCUT2D eigenvalue weighted by atomic mass is 9.78. The van der Waals surface area contributed by atoms with E-state index in [1.165, 1.54) is 116 Å². The number of fused-ring (bicyclic) bond motifs is 7. The summed E-state index contributed by atoms with van der Waals surface area (Å²) in [4.78, 5) is 5.07. The number of nitrogens with zero attached hydrogens (tertiary/aromatic N) is 2. The Balaban J connectivity index is 0.852. The molecule has 5 aliphatic rings. The Hall–Kier alpha value is -9.24. The van der Waals surface area contributed by atoms with Crippen LogP contribution >= 0.6 is 0 Å². The first kappa shape index (κ1) is 49.8. The van der Waals surface area contributed by atoms with Gasteiger partial charge >= 0.3 is 0 Å². The van der Waals surface area contributed by atoms with Gasteiger partial charge in [-0.05, 0) is 204 Å². The Labute approximate surface area is 483 Å². The summed E-state index contributed by atoms with van der Waals surface area (Å²) in [5, 5.41) is 5.06. The molecule has 0 saturated carbocycles. The van der Waals surface area contributed by atoms with Crippen LogP contribution in [0.2, 0.25) is 0 Å². The second-order valence-corrected chi connectivity index (χ2v) is 24.1. The molecule has 0 spiro atoms. The Bertz CT molecular complexity index is 4440. The monoisotopic (exact) mass is 1050 g/mol. The molecule has 0 bridgehead atoms. The van der Waals surface area contributed by atoms with Crippen molar-refractivity contribution in [3.05, 3.63) is 293 Å². The summed E-state index contributed by atoms with van der Waals surface area (Å²) in [5.41, 5.74) is 27.2. The van der Waals surface area contributed by atoms with E-state index < -0.39 is 0 Å². The number of rotatable bonds is 10.